The van der Waals surface area contributed by atoms with E-state index in [-0.39, 0.29) is 11.9 Å². The molecule has 90 valence electrons. The van der Waals surface area contributed by atoms with Crippen molar-refractivity contribution in [2.75, 3.05) is 7.05 Å². The summed E-state index contributed by atoms with van der Waals surface area (Å²) in [4.78, 5) is 4.68. The van der Waals surface area contributed by atoms with Gasteiger partial charge in [0.15, 0.2) is 0 Å². The molecule has 1 N–H and O–H groups in total. The van der Waals surface area contributed by atoms with Crippen molar-refractivity contribution >= 4 is 22.9 Å². The molecule has 0 aliphatic heterocycles. The van der Waals surface area contributed by atoms with Gasteiger partial charge >= 0.3 is 0 Å². The Morgan fingerprint density at radius 3 is 2.82 bits per heavy atom. The highest BCUT2D eigenvalue weighted by Gasteiger charge is 2.21. The molecule has 0 radical (unpaired) electrons. The van der Waals surface area contributed by atoms with Crippen LogP contribution in [0.2, 0.25) is 5.02 Å². The average molecular weight is 271 g/mol. The van der Waals surface area contributed by atoms with Crippen LogP contribution < -0.4 is 5.32 Å². The first-order chi connectivity index (χ1) is 8.15. The zero-order chi connectivity index (χ0) is 12.4. The minimum atomic E-state index is -0.325. The maximum absolute atomic E-state index is 13.7. The standard InChI is InChI=1S/C12H12ClFN2S/c1-7-6-17-12(10(7)13)11(15-2)8-3-4-16-5-9(8)14/h3-6,11,15H,1-2H3. The van der Waals surface area contributed by atoms with Gasteiger partial charge in [-0.05, 0) is 31.0 Å². The van der Waals surface area contributed by atoms with E-state index >= 15 is 0 Å². The molecule has 2 aromatic heterocycles. The number of rotatable bonds is 3. The molecule has 17 heavy (non-hydrogen) atoms. The van der Waals surface area contributed by atoms with Gasteiger partial charge in [-0.25, -0.2) is 4.39 Å². The average Bonchev–Trinajstić information content (AvgIpc) is 2.65. The summed E-state index contributed by atoms with van der Waals surface area (Å²) in [6, 6.07) is 1.44. The van der Waals surface area contributed by atoms with Crippen LogP contribution >= 0.6 is 22.9 Å². The van der Waals surface area contributed by atoms with E-state index in [1.54, 1.807) is 19.3 Å². The van der Waals surface area contributed by atoms with E-state index < -0.39 is 0 Å². The van der Waals surface area contributed by atoms with Crippen molar-refractivity contribution in [3.63, 3.8) is 0 Å². The number of hydrogen-bond acceptors (Lipinski definition) is 3. The SMILES string of the molecule is CNC(c1ccncc1F)c1scc(C)c1Cl. The molecular formula is C12H12ClFN2S. The Balaban J connectivity index is 2.48. The van der Waals surface area contributed by atoms with Crippen molar-refractivity contribution in [2.45, 2.75) is 13.0 Å². The van der Waals surface area contributed by atoms with E-state index in [1.165, 1.54) is 17.5 Å². The summed E-state index contributed by atoms with van der Waals surface area (Å²) < 4.78 is 13.7. The third-order valence-electron chi connectivity index (χ3n) is 2.59. The minimum Gasteiger partial charge on any atom is -0.309 e. The van der Waals surface area contributed by atoms with Crippen LogP contribution in [0, 0.1) is 12.7 Å². The summed E-state index contributed by atoms with van der Waals surface area (Å²) >= 11 is 7.75. The summed E-state index contributed by atoms with van der Waals surface area (Å²) in [5.41, 5.74) is 1.58. The number of hydrogen-bond donors (Lipinski definition) is 1. The van der Waals surface area contributed by atoms with Gasteiger partial charge in [0.1, 0.15) is 5.82 Å². The zero-order valence-electron chi connectivity index (χ0n) is 9.50. The molecule has 0 saturated heterocycles. The highest BCUT2D eigenvalue weighted by Crippen LogP contribution is 2.36. The van der Waals surface area contributed by atoms with Gasteiger partial charge in [0.05, 0.1) is 17.3 Å². The number of nitrogens with one attached hydrogen (secondary N) is 1. The van der Waals surface area contributed by atoms with Crippen LogP contribution in [0.15, 0.2) is 23.8 Å². The molecule has 0 aromatic carbocycles. The summed E-state index contributed by atoms with van der Waals surface area (Å²) in [5.74, 6) is -0.325. The largest absolute Gasteiger partial charge is 0.309 e. The van der Waals surface area contributed by atoms with Crippen LogP contribution in [0.3, 0.4) is 0 Å². The van der Waals surface area contributed by atoms with Crippen molar-refractivity contribution in [3.8, 4) is 0 Å². The molecule has 2 nitrogen and oxygen atoms in total. The molecule has 5 heteroatoms. The van der Waals surface area contributed by atoms with Crippen LogP contribution in [-0.2, 0) is 0 Å². The van der Waals surface area contributed by atoms with Gasteiger partial charge in [-0.2, -0.15) is 0 Å². The summed E-state index contributed by atoms with van der Waals surface area (Å²) in [5, 5.41) is 5.76. The number of nitrogens with zero attached hydrogens (tertiary/aromatic N) is 1. The second-order valence-electron chi connectivity index (χ2n) is 3.72. The Labute approximate surface area is 108 Å². The topological polar surface area (TPSA) is 24.9 Å². The zero-order valence-corrected chi connectivity index (χ0v) is 11.1. The maximum atomic E-state index is 13.7. The quantitative estimate of drug-likeness (QED) is 0.923. The van der Waals surface area contributed by atoms with Gasteiger partial charge in [-0.3, -0.25) is 4.98 Å². The molecule has 2 aromatic rings. The first kappa shape index (κ1) is 12.5. The molecular weight excluding hydrogens is 259 g/mol. The van der Waals surface area contributed by atoms with Crippen LogP contribution in [0.5, 0.6) is 0 Å². The molecule has 0 saturated carbocycles. The monoisotopic (exact) mass is 270 g/mol. The van der Waals surface area contributed by atoms with Crippen molar-refractivity contribution < 1.29 is 4.39 Å². The Kier molecular flexibility index (Phi) is 3.76. The summed E-state index contributed by atoms with van der Waals surface area (Å²) in [7, 11) is 1.79. The van der Waals surface area contributed by atoms with E-state index in [1.807, 2.05) is 12.3 Å². The van der Waals surface area contributed by atoms with Gasteiger partial charge in [0.2, 0.25) is 0 Å². The molecule has 2 heterocycles. The van der Waals surface area contributed by atoms with Crippen molar-refractivity contribution in [1.82, 2.24) is 10.3 Å². The van der Waals surface area contributed by atoms with E-state index in [4.69, 9.17) is 11.6 Å². The predicted octanol–water partition coefficient (Wildman–Crippen LogP) is 3.55. The lowest BCUT2D eigenvalue weighted by Crippen LogP contribution is -2.18. The Bertz CT molecular complexity index is 527. The number of thiophene rings is 1. The molecule has 0 fully saturated rings. The van der Waals surface area contributed by atoms with Crippen molar-refractivity contribution in [2.24, 2.45) is 0 Å². The van der Waals surface area contributed by atoms with Crippen LogP contribution in [-0.4, -0.2) is 12.0 Å². The highest BCUT2D eigenvalue weighted by atomic mass is 35.5. The fraction of sp³-hybridized carbons (Fsp3) is 0.250. The third-order valence-corrected chi connectivity index (χ3v) is 4.37. The van der Waals surface area contributed by atoms with E-state index in [0.717, 1.165) is 10.4 Å². The predicted molar refractivity (Wildman–Crippen MR) is 69.2 cm³/mol. The number of aromatic nitrogens is 1. The number of aryl methyl sites for hydroxylation is 1. The first-order valence-corrected chi connectivity index (χ1v) is 6.41. The Hall–Kier alpha value is -0.970. The smallest absolute Gasteiger partial charge is 0.146 e. The normalized spacial score (nSPS) is 12.7. The molecule has 1 unspecified atom stereocenters. The summed E-state index contributed by atoms with van der Waals surface area (Å²) in [6.07, 6.45) is 2.80. The van der Waals surface area contributed by atoms with E-state index in [9.17, 15) is 4.39 Å². The van der Waals surface area contributed by atoms with Crippen LogP contribution in [0.1, 0.15) is 22.0 Å². The molecule has 0 spiro atoms. The van der Waals surface area contributed by atoms with Gasteiger partial charge < -0.3 is 5.32 Å². The molecule has 2 rings (SSSR count). The molecule has 0 aliphatic carbocycles. The molecule has 0 aliphatic rings. The highest BCUT2D eigenvalue weighted by molar-refractivity contribution is 7.10. The van der Waals surface area contributed by atoms with Crippen LogP contribution in [0.4, 0.5) is 4.39 Å². The lowest BCUT2D eigenvalue weighted by atomic mass is 10.1. The Morgan fingerprint density at radius 2 is 2.29 bits per heavy atom. The first-order valence-electron chi connectivity index (χ1n) is 5.15. The van der Waals surface area contributed by atoms with Crippen LogP contribution in [0.25, 0.3) is 0 Å². The lowest BCUT2D eigenvalue weighted by Gasteiger charge is -2.16. The van der Waals surface area contributed by atoms with Gasteiger partial charge in [0, 0.05) is 16.6 Å². The molecule has 0 bridgehead atoms. The lowest BCUT2D eigenvalue weighted by molar-refractivity contribution is 0.574. The number of halogens is 2. The van der Waals surface area contributed by atoms with Gasteiger partial charge in [-0.1, -0.05) is 11.6 Å². The van der Waals surface area contributed by atoms with Gasteiger partial charge in [0.25, 0.3) is 0 Å². The molecule has 1 atom stereocenters. The second kappa shape index (κ2) is 5.12. The third kappa shape index (κ3) is 2.34. The fourth-order valence-electron chi connectivity index (χ4n) is 1.69. The maximum Gasteiger partial charge on any atom is 0.146 e. The Morgan fingerprint density at radius 1 is 1.53 bits per heavy atom. The van der Waals surface area contributed by atoms with Crippen molar-refractivity contribution in [1.29, 1.82) is 0 Å². The van der Waals surface area contributed by atoms with E-state index in [2.05, 4.69) is 10.3 Å². The second-order valence-corrected chi connectivity index (χ2v) is 5.01. The minimum absolute atomic E-state index is 0.232. The molecule has 0 amide bonds. The van der Waals surface area contributed by atoms with Gasteiger partial charge in [-0.15, -0.1) is 11.3 Å². The van der Waals surface area contributed by atoms with E-state index in [0.29, 0.717) is 10.6 Å². The fourth-order valence-corrected chi connectivity index (χ4v) is 3.12. The van der Waals surface area contributed by atoms with Crippen molar-refractivity contribution in [3.05, 3.63) is 50.7 Å². The number of pyridine rings is 1. The summed E-state index contributed by atoms with van der Waals surface area (Å²) in [6.45, 7) is 1.94.